The van der Waals surface area contributed by atoms with Crippen LogP contribution in [0.5, 0.6) is 11.5 Å². The molecule has 154 valence electrons. The maximum Gasteiger partial charge on any atom is 0.162 e. The van der Waals surface area contributed by atoms with Crippen molar-refractivity contribution < 1.29 is 14.2 Å². The highest BCUT2D eigenvalue weighted by Crippen LogP contribution is 2.29. The zero-order valence-corrected chi connectivity index (χ0v) is 16.9. The van der Waals surface area contributed by atoms with Crippen LogP contribution < -0.4 is 9.47 Å². The average molecular weight is 402 g/mol. The molecule has 1 aliphatic rings. The molecular weight excluding hydrogens is 376 g/mol. The molecule has 3 aromatic rings. The Morgan fingerprint density at radius 3 is 2.00 bits per heavy atom. The molecule has 5 heteroatoms. The standard InChI is InChI=1S/C25H26N2O3/c1-3-7-21(8-4-1)19-29-24-12-11-23(18-26-27-13-15-28-16-14-27)17-25(24)30-20-22-9-5-2-6-10-22/h1-12,17-18H,13-16,19-20H2. The minimum Gasteiger partial charge on any atom is -0.485 e. The van der Waals surface area contributed by atoms with Crippen molar-refractivity contribution in [2.75, 3.05) is 26.3 Å². The summed E-state index contributed by atoms with van der Waals surface area (Å²) in [7, 11) is 0. The van der Waals surface area contributed by atoms with Crippen LogP contribution in [-0.2, 0) is 18.0 Å². The van der Waals surface area contributed by atoms with Gasteiger partial charge in [0.2, 0.25) is 0 Å². The number of hydrogen-bond acceptors (Lipinski definition) is 5. The van der Waals surface area contributed by atoms with Crippen molar-refractivity contribution in [2.45, 2.75) is 13.2 Å². The van der Waals surface area contributed by atoms with E-state index >= 15 is 0 Å². The first-order valence-electron chi connectivity index (χ1n) is 10.2. The second-order valence-electron chi connectivity index (χ2n) is 7.07. The third-order valence-corrected chi connectivity index (χ3v) is 4.80. The number of hydrogen-bond donors (Lipinski definition) is 0. The largest absolute Gasteiger partial charge is 0.485 e. The van der Waals surface area contributed by atoms with Gasteiger partial charge >= 0.3 is 0 Å². The van der Waals surface area contributed by atoms with Crippen molar-refractivity contribution >= 4 is 6.21 Å². The topological polar surface area (TPSA) is 43.3 Å². The van der Waals surface area contributed by atoms with Gasteiger partial charge in [0, 0.05) is 0 Å². The molecule has 5 nitrogen and oxygen atoms in total. The van der Waals surface area contributed by atoms with Gasteiger partial charge in [0.25, 0.3) is 0 Å². The number of nitrogens with zero attached hydrogens (tertiary/aromatic N) is 2. The van der Waals surface area contributed by atoms with Crippen LogP contribution in [0.25, 0.3) is 0 Å². The quantitative estimate of drug-likeness (QED) is 0.520. The fraction of sp³-hybridized carbons (Fsp3) is 0.240. The van der Waals surface area contributed by atoms with Crippen LogP contribution in [0, 0.1) is 0 Å². The molecule has 0 atom stereocenters. The zero-order valence-electron chi connectivity index (χ0n) is 16.9. The summed E-state index contributed by atoms with van der Waals surface area (Å²) in [5.74, 6) is 1.43. The lowest BCUT2D eigenvalue weighted by atomic mass is 10.2. The van der Waals surface area contributed by atoms with Gasteiger partial charge in [-0.1, -0.05) is 60.7 Å². The molecule has 0 radical (unpaired) electrons. The first-order valence-corrected chi connectivity index (χ1v) is 10.2. The van der Waals surface area contributed by atoms with Crippen molar-refractivity contribution in [1.29, 1.82) is 0 Å². The number of ether oxygens (including phenoxy) is 3. The van der Waals surface area contributed by atoms with Crippen molar-refractivity contribution in [1.82, 2.24) is 5.01 Å². The summed E-state index contributed by atoms with van der Waals surface area (Å²) in [6.07, 6.45) is 1.86. The smallest absolute Gasteiger partial charge is 0.162 e. The summed E-state index contributed by atoms with van der Waals surface area (Å²) in [4.78, 5) is 0. The molecule has 1 fully saturated rings. The predicted octanol–water partition coefficient (Wildman–Crippen LogP) is 4.51. The molecular formula is C25H26N2O3. The molecule has 3 aromatic carbocycles. The molecule has 4 rings (SSSR count). The summed E-state index contributed by atoms with van der Waals surface area (Å²) in [5, 5.41) is 6.59. The third kappa shape index (κ3) is 5.84. The number of hydrazone groups is 1. The molecule has 0 N–H and O–H groups in total. The molecule has 0 aromatic heterocycles. The average Bonchev–Trinajstić information content (AvgIpc) is 2.82. The van der Waals surface area contributed by atoms with Crippen LogP contribution in [0.3, 0.4) is 0 Å². The molecule has 0 saturated carbocycles. The number of benzene rings is 3. The van der Waals surface area contributed by atoms with Crippen LogP contribution in [0.15, 0.2) is 84.0 Å². The van der Waals surface area contributed by atoms with Gasteiger partial charge in [0.15, 0.2) is 11.5 Å². The molecule has 0 amide bonds. The molecule has 1 heterocycles. The molecule has 0 aliphatic carbocycles. The minimum atomic E-state index is 0.479. The number of morpholine rings is 1. The molecule has 0 bridgehead atoms. The van der Waals surface area contributed by atoms with Gasteiger partial charge in [-0.15, -0.1) is 0 Å². The SMILES string of the molecule is C(=NN1CCOCC1)c1ccc(OCc2ccccc2)c(OCc2ccccc2)c1. The van der Waals surface area contributed by atoms with E-state index < -0.39 is 0 Å². The Kier molecular flexibility index (Phi) is 6.97. The van der Waals surface area contributed by atoms with E-state index in [0.717, 1.165) is 48.7 Å². The Labute approximate surface area is 177 Å². The van der Waals surface area contributed by atoms with Crippen LogP contribution in [-0.4, -0.2) is 37.5 Å². The van der Waals surface area contributed by atoms with E-state index in [9.17, 15) is 0 Å². The predicted molar refractivity (Wildman–Crippen MR) is 118 cm³/mol. The van der Waals surface area contributed by atoms with Gasteiger partial charge < -0.3 is 14.2 Å². The maximum absolute atomic E-state index is 6.12. The van der Waals surface area contributed by atoms with E-state index in [-0.39, 0.29) is 0 Å². The van der Waals surface area contributed by atoms with E-state index in [0.29, 0.717) is 19.0 Å². The van der Waals surface area contributed by atoms with Gasteiger partial charge in [-0.2, -0.15) is 5.10 Å². The molecule has 1 saturated heterocycles. The monoisotopic (exact) mass is 402 g/mol. The fourth-order valence-corrected chi connectivity index (χ4v) is 3.13. The van der Waals surface area contributed by atoms with Gasteiger partial charge in [0.1, 0.15) is 13.2 Å². The summed E-state index contributed by atoms with van der Waals surface area (Å²) in [6.45, 7) is 4.03. The third-order valence-electron chi connectivity index (χ3n) is 4.80. The van der Waals surface area contributed by atoms with E-state index in [1.165, 1.54) is 0 Å². The second kappa shape index (κ2) is 10.5. The highest BCUT2D eigenvalue weighted by molar-refractivity contribution is 5.80. The Morgan fingerprint density at radius 1 is 0.767 bits per heavy atom. The van der Waals surface area contributed by atoms with Gasteiger partial charge in [-0.3, -0.25) is 5.01 Å². The number of rotatable bonds is 8. The highest BCUT2D eigenvalue weighted by Gasteiger charge is 2.09. The van der Waals surface area contributed by atoms with E-state index in [1.807, 2.05) is 90.1 Å². The Hall–Kier alpha value is -3.31. The maximum atomic E-state index is 6.12. The summed E-state index contributed by atoms with van der Waals surface area (Å²) in [5.41, 5.74) is 3.19. The normalized spacial score (nSPS) is 14.1. The summed E-state index contributed by atoms with van der Waals surface area (Å²) < 4.78 is 17.6. The van der Waals surface area contributed by atoms with Crippen molar-refractivity contribution in [3.05, 3.63) is 95.6 Å². The summed E-state index contributed by atoms with van der Waals surface area (Å²) >= 11 is 0. The van der Waals surface area contributed by atoms with Crippen LogP contribution in [0.1, 0.15) is 16.7 Å². The first-order chi connectivity index (χ1) is 14.9. The zero-order chi connectivity index (χ0) is 20.4. The Morgan fingerprint density at radius 2 is 1.37 bits per heavy atom. The highest BCUT2D eigenvalue weighted by atomic mass is 16.5. The molecule has 30 heavy (non-hydrogen) atoms. The minimum absolute atomic E-state index is 0.479. The van der Waals surface area contributed by atoms with Crippen LogP contribution in [0.2, 0.25) is 0 Å². The van der Waals surface area contributed by atoms with E-state index in [1.54, 1.807) is 0 Å². The summed E-state index contributed by atoms with van der Waals surface area (Å²) in [6, 6.07) is 26.2. The van der Waals surface area contributed by atoms with Gasteiger partial charge in [-0.05, 0) is 34.9 Å². The molecule has 0 spiro atoms. The fourth-order valence-electron chi connectivity index (χ4n) is 3.13. The lowest BCUT2D eigenvalue weighted by Gasteiger charge is -2.23. The van der Waals surface area contributed by atoms with Gasteiger partial charge in [0.05, 0.1) is 32.5 Å². The van der Waals surface area contributed by atoms with Crippen molar-refractivity contribution in [3.63, 3.8) is 0 Å². The van der Waals surface area contributed by atoms with E-state index in [4.69, 9.17) is 14.2 Å². The Balaban J connectivity index is 1.49. The van der Waals surface area contributed by atoms with Crippen molar-refractivity contribution in [3.8, 4) is 11.5 Å². The van der Waals surface area contributed by atoms with E-state index in [2.05, 4.69) is 5.10 Å². The molecule has 1 aliphatic heterocycles. The molecule has 0 unspecified atom stereocenters. The lowest BCUT2D eigenvalue weighted by Crippen LogP contribution is -2.32. The van der Waals surface area contributed by atoms with Crippen LogP contribution >= 0.6 is 0 Å². The second-order valence-corrected chi connectivity index (χ2v) is 7.07. The lowest BCUT2D eigenvalue weighted by molar-refractivity contribution is 0.0397. The van der Waals surface area contributed by atoms with Crippen LogP contribution in [0.4, 0.5) is 0 Å². The van der Waals surface area contributed by atoms with Crippen molar-refractivity contribution in [2.24, 2.45) is 5.10 Å². The Bertz CT molecular complexity index is 939. The first kappa shape index (κ1) is 20.0. The van der Waals surface area contributed by atoms with Gasteiger partial charge in [-0.25, -0.2) is 0 Å².